The van der Waals surface area contributed by atoms with Crippen LogP contribution in [0.2, 0.25) is 0 Å². The molecule has 1 aromatic carbocycles. The van der Waals surface area contributed by atoms with Crippen LogP contribution in [0, 0.1) is 12.8 Å². The highest BCUT2D eigenvalue weighted by atomic mass is 32.2. The number of hydrogen-bond donors (Lipinski definition) is 0. The van der Waals surface area contributed by atoms with E-state index in [0.717, 1.165) is 24.2 Å². The van der Waals surface area contributed by atoms with Crippen LogP contribution >= 0.6 is 11.8 Å². The van der Waals surface area contributed by atoms with Crippen molar-refractivity contribution in [1.82, 2.24) is 10.1 Å². The molecule has 0 aliphatic heterocycles. The first-order valence-electron chi connectivity index (χ1n) is 8.05. The van der Waals surface area contributed by atoms with Crippen molar-refractivity contribution >= 4 is 17.7 Å². The van der Waals surface area contributed by atoms with E-state index in [4.69, 9.17) is 9.26 Å². The molecule has 0 bridgehead atoms. The van der Waals surface area contributed by atoms with E-state index in [-0.39, 0.29) is 5.97 Å². The van der Waals surface area contributed by atoms with E-state index >= 15 is 0 Å². The summed E-state index contributed by atoms with van der Waals surface area (Å²) >= 11 is 1.49. The Morgan fingerprint density at radius 2 is 2.25 bits per heavy atom. The fourth-order valence-corrected chi connectivity index (χ4v) is 3.46. The molecule has 1 unspecified atom stereocenters. The highest BCUT2D eigenvalue weighted by Crippen LogP contribution is 2.27. The van der Waals surface area contributed by atoms with Gasteiger partial charge in [0.1, 0.15) is 0 Å². The molecule has 1 aliphatic carbocycles. The van der Waals surface area contributed by atoms with E-state index in [9.17, 15) is 4.79 Å². The van der Waals surface area contributed by atoms with Gasteiger partial charge in [-0.1, -0.05) is 29.4 Å². The second-order valence-corrected chi connectivity index (χ2v) is 6.79. The molecule has 1 aliphatic rings. The molecular formula is C18H20N2O3S. The number of allylic oxidation sites excluding steroid dienone is 2. The van der Waals surface area contributed by atoms with E-state index in [1.165, 1.54) is 11.8 Å². The molecule has 0 spiro atoms. The van der Waals surface area contributed by atoms with Crippen molar-refractivity contribution in [2.24, 2.45) is 5.92 Å². The van der Waals surface area contributed by atoms with Gasteiger partial charge in [-0.25, -0.2) is 4.79 Å². The largest absolute Gasteiger partial charge is 0.462 e. The summed E-state index contributed by atoms with van der Waals surface area (Å²) in [5.74, 6) is 1.85. The lowest BCUT2D eigenvalue weighted by molar-refractivity contribution is 0.0428. The summed E-state index contributed by atoms with van der Waals surface area (Å²) in [4.78, 5) is 17.5. The summed E-state index contributed by atoms with van der Waals surface area (Å²) in [5.41, 5.74) is 0.588. The Hall–Kier alpha value is -2.08. The maximum absolute atomic E-state index is 12.4. The van der Waals surface area contributed by atoms with Gasteiger partial charge < -0.3 is 9.26 Å². The number of thioether (sulfide) groups is 1. The number of carbonyl (C=O) groups excluding carboxylic acids is 1. The second kappa shape index (κ2) is 8.15. The molecular weight excluding hydrogens is 324 g/mol. The van der Waals surface area contributed by atoms with Crippen molar-refractivity contribution < 1.29 is 14.1 Å². The van der Waals surface area contributed by atoms with Gasteiger partial charge in [-0.15, -0.1) is 11.8 Å². The minimum absolute atomic E-state index is 0.269. The summed E-state index contributed by atoms with van der Waals surface area (Å²) in [6, 6.07) is 7.46. The molecule has 1 aromatic heterocycles. The van der Waals surface area contributed by atoms with Gasteiger partial charge in [0.15, 0.2) is 5.82 Å². The fraction of sp³-hybridized carbons (Fsp3) is 0.389. The molecule has 2 aromatic rings. The first-order chi connectivity index (χ1) is 11.7. The predicted octanol–water partition coefficient (Wildman–Crippen LogP) is 4.18. The van der Waals surface area contributed by atoms with E-state index in [1.54, 1.807) is 13.0 Å². The van der Waals surface area contributed by atoms with E-state index in [2.05, 4.69) is 22.3 Å². The minimum Gasteiger partial charge on any atom is -0.462 e. The van der Waals surface area contributed by atoms with Gasteiger partial charge in [0.25, 0.3) is 0 Å². The number of benzene rings is 1. The first kappa shape index (κ1) is 16.8. The zero-order valence-corrected chi connectivity index (χ0v) is 14.4. The molecule has 0 radical (unpaired) electrons. The van der Waals surface area contributed by atoms with Crippen LogP contribution in [0.5, 0.6) is 0 Å². The number of nitrogens with zero attached hydrogens (tertiary/aromatic N) is 2. The maximum atomic E-state index is 12.4. The summed E-state index contributed by atoms with van der Waals surface area (Å²) in [6.07, 6.45) is 7.48. The Balaban J connectivity index is 1.60. The lowest BCUT2D eigenvalue weighted by atomic mass is 9.95. The number of hydrogen-bond acceptors (Lipinski definition) is 6. The number of esters is 1. The van der Waals surface area contributed by atoms with Crippen LogP contribution in [0.15, 0.2) is 45.8 Å². The topological polar surface area (TPSA) is 65.2 Å². The average Bonchev–Trinajstić information content (AvgIpc) is 3.04. The van der Waals surface area contributed by atoms with Crippen molar-refractivity contribution in [3.63, 3.8) is 0 Å². The van der Waals surface area contributed by atoms with E-state index < -0.39 is 0 Å². The Labute approximate surface area is 145 Å². The van der Waals surface area contributed by atoms with Crippen molar-refractivity contribution in [3.8, 4) is 0 Å². The fourth-order valence-electron chi connectivity index (χ4n) is 2.58. The molecule has 0 saturated heterocycles. The van der Waals surface area contributed by atoms with Crippen LogP contribution in [0.1, 0.15) is 41.3 Å². The number of rotatable bonds is 6. The van der Waals surface area contributed by atoms with Gasteiger partial charge in [-0.2, -0.15) is 4.98 Å². The van der Waals surface area contributed by atoms with E-state index in [1.807, 2.05) is 18.2 Å². The Kier molecular flexibility index (Phi) is 5.69. The third kappa shape index (κ3) is 4.47. The molecule has 1 atom stereocenters. The Morgan fingerprint density at radius 1 is 1.38 bits per heavy atom. The molecule has 5 nitrogen and oxygen atoms in total. The Morgan fingerprint density at radius 3 is 3.00 bits per heavy atom. The molecule has 0 amide bonds. The summed E-state index contributed by atoms with van der Waals surface area (Å²) in [6.45, 7) is 2.26. The number of carbonyl (C=O) groups is 1. The number of aromatic nitrogens is 2. The third-order valence-electron chi connectivity index (χ3n) is 3.86. The van der Waals surface area contributed by atoms with Gasteiger partial charge in [0, 0.05) is 4.90 Å². The quantitative estimate of drug-likeness (QED) is 0.445. The van der Waals surface area contributed by atoms with Crippen LogP contribution in [-0.4, -0.2) is 22.7 Å². The minimum atomic E-state index is -0.269. The molecule has 0 N–H and O–H groups in total. The smallest absolute Gasteiger partial charge is 0.339 e. The van der Waals surface area contributed by atoms with Gasteiger partial charge in [-0.05, 0) is 44.2 Å². The second-order valence-electron chi connectivity index (χ2n) is 5.77. The molecule has 0 fully saturated rings. The van der Waals surface area contributed by atoms with Crippen LogP contribution in [-0.2, 0) is 10.5 Å². The average molecular weight is 344 g/mol. The van der Waals surface area contributed by atoms with Crippen LogP contribution in [0.3, 0.4) is 0 Å². The molecule has 3 rings (SSSR count). The predicted molar refractivity (Wildman–Crippen MR) is 91.8 cm³/mol. The lowest BCUT2D eigenvalue weighted by Gasteiger charge is -2.17. The van der Waals surface area contributed by atoms with Crippen molar-refractivity contribution in [3.05, 3.63) is 53.7 Å². The highest BCUT2D eigenvalue weighted by Gasteiger charge is 2.17. The first-order valence-corrected chi connectivity index (χ1v) is 9.04. The zero-order chi connectivity index (χ0) is 16.8. The standard InChI is InChI=1S/C18H20N2O3S/c1-13-19-17(23-20-13)12-24-16-10-6-5-9-15(16)18(21)22-11-14-7-3-2-4-8-14/h2-3,5-6,9-10,14H,4,7-8,11-12H2,1H3. The van der Waals surface area contributed by atoms with Gasteiger partial charge in [0.05, 0.1) is 17.9 Å². The lowest BCUT2D eigenvalue weighted by Crippen LogP contribution is -2.15. The van der Waals surface area contributed by atoms with Crippen molar-refractivity contribution in [2.45, 2.75) is 36.8 Å². The molecule has 24 heavy (non-hydrogen) atoms. The monoisotopic (exact) mass is 344 g/mol. The number of ether oxygens (including phenoxy) is 1. The normalized spacial score (nSPS) is 17.0. The molecule has 1 heterocycles. The highest BCUT2D eigenvalue weighted by molar-refractivity contribution is 7.98. The van der Waals surface area contributed by atoms with E-state index in [0.29, 0.717) is 35.6 Å². The molecule has 6 heteroatoms. The summed E-state index contributed by atoms with van der Waals surface area (Å²) in [5, 5.41) is 3.77. The zero-order valence-electron chi connectivity index (χ0n) is 13.6. The SMILES string of the molecule is Cc1noc(CSc2ccccc2C(=O)OCC2CC=CCC2)n1. The van der Waals surface area contributed by atoms with Crippen molar-refractivity contribution in [1.29, 1.82) is 0 Å². The summed E-state index contributed by atoms with van der Waals surface area (Å²) < 4.78 is 10.6. The molecule has 126 valence electrons. The Bertz CT molecular complexity index is 727. The summed E-state index contributed by atoms with van der Waals surface area (Å²) in [7, 11) is 0. The van der Waals surface area contributed by atoms with Crippen LogP contribution in [0.4, 0.5) is 0 Å². The van der Waals surface area contributed by atoms with Gasteiger partial charge in [0.2, 0.25) is 5.89 Å². The van der Waals surface area contributed by atoms with Gasteiger partial charge >= 0.3 is 5.97 Å². The number of aryl methyl sites for hydroxylation is 1. The third-order valence-corrected chi connectivity index (χ3v) is 4.91. The van der Waals surface area contributed by atoms with Crippen LogP contribution in [0.25, 0.3) is 0 Å². The van der Waals surface area contributed by atoms with Gasteiger partial charge in [-0.3, -0.25) is 0 Å². The maximum Gasteiger partial charge on any atom is 0.339 e. The molecule has 0 saturated carbocycles. The van der Waals surface area contributed by atoms with Crippen molar-refractivity contribution in [2.75, 3.05) is 6.61 Å². The van der Waals surface area contributed by atoms with Crippen LogP contribution < -0.4 is 0 Å².